The predicted molar refractivity (Wildman–Crippen MR) is 55.9 cm³/mol. The van der Waals surface area contributed by atoms with Crippen molar-refractivity contribution in [2.45, 2.75) is 7.43 Å². The zero-order chi connectivity index (χ0) is 7.11. The standard InChI is InChI=1S/C5H10OS3.CH4/c1-7-8-4-3-5-9(2)6;/h3-4H,5H2,1-2H3;1H4. The van der Waals surface area contributed by atoms with Gasteiger partial charge in [-0.2, -0.15) is 0 Å². The SMILES string of the molecule is C.CSSC=CCS(C)=O. The quantitative estimate of drug-likeness (QED) is 0.646. The molecule has 1 atom stereocenters. The fourth-order valence-electron chi connectivity index (χ4n) is 0.270. The molecule has 0 aromatic rings. The molecule has 62 valence electrons. The lowest BCUT2D eigenvalue weighted by atomic mass is 10.8. The zero-order valence-corrected chi connectivity index (χ0v) is 7.94. The largest absolute Gasteiger partial charge is 0.260 e. The van der Waals surface area contributed by atoms with E-state index < -0.39 is 10.8 Å². The summed E-state index contributed by atoms with van der Waals surface area (Å²) in [6.07, 6.45) is 5.64. The van der Waals surface area contributed by atoms with Crippen LogP contribution in [0.2, 0.25) is 0 Å². The van der Waals surface area contributed by atoms with Crippen molar-refractivity contribution in [3.8, 4) is 0 Å². The Balaban J connectivity index is 0. The molecule has 0 saturated carbocycles. The van der Waals surface area contributed by atoms with E-state index in [0.29, 0.717) is 5.75 Å². The van der Waals surface area contributed by atoms with Crippen LogP contribution in [0, 0.1) is 0 Å². The van der Waals surface area contributed by atoms with E-state index in [1.54, 1.807) is 27.8 Å². The molecule has 0 aromatic heterocycles. The molecule has 0 N–H and O–H groups in total. The van der Waals surface area contributed by atoms with Crippen LogP contribution in [0.1, 0.15) is 7.43 Å². The van der Waals surface area contributed by atoms with Gasteiger partial charge in [-0.1, -0.05) is 35.1 Å². The molecule has 0 radical (unpaired) electrons. The van der Waals surface area contributed by atoms with E-state index in [1.807, 2.05) is 17.7 Å². The molecule has 0 spiro atoms. The summed E-state index contributed by atoms with van der Waals surface area (Å²) in [7, 11) is 2.66. The van der Waals surface area contributed by atoms with Crippen LogP contribution < -0.4 is 0 Å². The molecule has 0 aliphatic carbocycles. The molecular weight excluding hydrogens is 184 g/mol. The average Bonchev–Trinajstić information content (AvgIpc) is 1.80. The van der Waals surface area contributed by atoms with E-state index in [1.165, 1.54) is 0 Å². The van der Waals surface area contributed by atoms with Crippen LogP contribution in [-0.4, -0.2) is 22.5 Å². The lowest BCUT2D eigenvalue weighted by Crippen LogP contribution is -1.86. The second-order valence-corrected chi connectivity index (χ2v) is 5.23. The first-order chi connectivity index (χ1) is 4.27. The highest BCUT2D eigenvalue weighted by Gasteiger charge is 1.81. The maximum atomic E-state index is 10.5. The first kappa shape index (κ1) is 13.2. The summed E-state index contributed by atoms with van der Waals surface area (Å²) in [5, 5.41) is 1.96. The van der Waals surface area contributed by atoms with Crippen LogP contribution in [0.4, 0.5) is 0 Å². The highest BCUT2D eigenvalue weighted by atomic mass is 33.1. The van der Waals surface area contributed by atoms with Gasteiger partial charge in [0, 0.05) is 22.8 Å². The van der Waals surface area contributed by atoms with Gasteiger partial charge in [-0.05, 0) is 11.7 Å². The number of hydrogen-bond acceptors (Lipinski definition) is 3. The van der Waals surface area contributed by atoms with Crippen LogP contribution in [-0.2, 0) is 10.8 Å². The van der Waals surface area contributed by atoms with Crippen LogP contribution in [0.3, 0.4) is 0 Å². The fourth-order valence-corrected chi connectivity index (χ4v) is 1.61. The van der Waals surface area contributed by atoms with Gasteiger partial charge in [0.25, 0.3) is 0 Å². The minimum Gasteiger partial charge on any atom is -0.260 e. The molecule has 0 amide bonds. The molecule has 4 heteroatoms. The lowest BCUT2D eigenvalue weighted by molar-refractivity contribution is 0.688. The minimum absolute atomic E-state index is 0. The van der Waals surface area contributed by atoms with Gasteiger partial charge in [0.15, 0.2) is 0 Å². The zero-order valence-electron chi connectivity index (χ0n) is 5.49. The second-order valence-electron chi connectivity index (χ2n) is 1.37. The molecular formula is C6H14OS3. The smallest absolute Gasteiger partial charge is 0.0420 e. The summed E-state index contributed by atoms with van der Waals surface area (Å²) in [6, 6.07) is 0. The molecule has 0 aliphatic rings. The summed E-state index contributed by atoms with van der Waals surface area (Å²) in [6.45, 7) is 0. The van der Waals surface area contributed by atoms with Crippen LogP contribution in [0.5, 0.6) is 0 Å². The summed E-state index contributed by atoms with van der Waals surface area (Å²) in [4.78, 5) is 0. The van der Waals surface area contributed by atoms with Gasteiger partial charge < -0.3 is 0 Å². The predicted octanol–water partition coefficient (Wildman–Crippen LogP) is 2.53. The molecule has 1 nitrogen and oxygen atoms in total. The van der Waals surface area contributed by atoms with Crippen LogP contribution >= 0.6 is 21.6 Å². The van der Waals surface area contributed by atoms with Gasteiger partial charge in [0.2, 0.25) is 0 Å². The molecule has 0 fully saturated rings. The van der Waals surface area contributed by atoms with Gasteiger partial charge in [0.1, 0.15) is 0 Å². The Kier molecular flexibility index (Phi) is 12.7. The molecule has 0 heterocycles. The Morgan fingerprint density at radius 3 is 2.60 bits per heavy atom. The van der Waals surface area contributed by atoms with Gasteiger partial charge in [-0.3, -0.25) is 4.21 Å². The monoisotopic (exact) mass is 198 g/mol. The third-order valence-electron chi connectivity index (χ3n) is 0.579. The third-order valence-corrected chi connectivity index (χ3v) is 2.65. The van der Waals surface area contributed by atoms with E-state index in [2.05, 4.69) is 0 Å². The van der Waals surface area contributed by atoms with Gasteiger partial charge in [-0.15, -0.1) is 0 Å². The van der Waals surface area contributed by atoms with Crippen LogP contribution in [0.25, 0.3) is 0 Å². The number of rotatable bonds is 4. The summed E-state index contributed by atoms with van der Waals surface area (Å²) in [5.41, 5.74) is 0. The Morgan fingerprint density at radius 2 is 2.20 bits per heavy atom. The molecule has 0 rings (SSSR count). The lowest BCUT2D eigenvalue weighted by Gasteiger charge is -1.84. The normalized spacial score (nSPS) is 13.0. The third kappa shape index (κ3) is 11.4. The van der Waals surface area contributed by atoms with Crippen molar-refractivity contribution in [3.05, 3.63) is 11.5 Å². The minimum atomic E-state index is -0.678. The van der Waals surface area contributed by atoms with Gasteiger partial charge in [-0.25, -0.2) is 0 Å². The van der Waals surface area contributed by atoms with E-state index in [4.69, 9.17) is 0 Å². The van der Waals surface area contributed by atoms with Crippen molar-refractivity contribution < 1.29 is 4.21 Å². The van der Waals surface area contributed by atoms with E-state index >= 15 is 0 Å². The first-order valence-electron chi connectivity index (χ1n) is 2.42. The van der Waals surface area contributed by atoms with E-state index in [9.17, 15) is 4.21 Å². The van der Waals surface area contributed by atoms with Crippen molar-refractivity contribution >= 4 is 32.4 Å². The highest BCUT2D eigenvalue weighted by molar-refractivity contribution is 8.77. The Labute approximate surface area is 73.9 Å². The number of hydrogen-bond donors (Lipinski definition) is 0. The fraction of sp³-hybridized carbons (Fsp3) is 0.667. The van der Waals surface area contributed by atoms with Gasteiger partial charge >= 0.3 is 0 Å². The maximum Gasteiger partial charge on any atom is 0.0420 e. The Bertz CT molecular complexity index is 112. The summed E-state index contributed by atoms with van der Waals surface area (Å²) < 4.78 is 10.5. The van der Waals surface area contributed by atoms with Crippen molar-refractivity contribution in [1.29, 1.82) is 0 Å². The Morgan fingerprint density at radius 1 is 1.60 bits per heavy atom. The topological polar surface area (TPSA) is 17.1 Å². The molecule has 10 heavy (non-hydrogen) atoms. The van der Waals surface area contributed by atoms with Crippen molar-refractivity contribution in [3.63, 3.8) is 0 Å². The van der Waals surface area contributed by atoms with Crippen molar-refractivity contribution in [2.75, 3.05) is 18.3 Å². The molecule has 1 unspecified atom stereocenters. The second kappa shape index (κ2) is 9.59. The molecule has 0 bridgehead atoms. The first-order valence-corrected chi connectivity index (χ1v) is 6.76. The van der Waals surface area contributed by atoms with Crippen LogP contribution in [0.15, 0.2) is 11.5 Å². The molecule has 0 saturated heterocycles. The van der Waals surface area contributed by atoms with E-state index in [0.717, 1.165) is 0 Å². The maximum absolute atomic E-state index is 10.5. The summed E-state index contributed by atoms with van der Waals surface area (Å²) >= 11 is 0. The average molecular weight is 198 g/mol. The molecule has 0 aromatic carbocycles. The van der Waals surface area contributed by atoms with Crippen molar-refractivity contribution in [2.24, 2.45) is 0 Å². The highest BCUT2D eigenvalue weighted by Crippen LogP contribution is 2.17. The van der Waals surface area contributed by atoms with Crippen molar-refractivity contribution in [1.82, 2.24) is 0 Å². The Hall–Kier alpha value is 0.590. The molecule has 0 aliphatic heterocycles. The van der Waals surface area contributed by atoms with E-state index in [-0.39, 0.29) is 7.43 Å². The van der Waals surface area contributed by atoms with Gasteiger partial charge in [0.05, 0.1) is 0 Å². The summed E-state index contributed by atoms with van der Waals surface area (Å²) in [5.74, 6) is 0.674.